The van der Waals surface area contributed by atoms with Crippen LogP contribution in [0.4, 0.5) is 0 Å². The molecule has 2 rings (SSSR count). The Morgan fingerprint density at radius 2 is 1.76 bits per heavy atom. The van der Waals surface area contributed by atoms with Crippen molar-refractivity contribution in [1.29, 1.82) is 0 Å². The van der Waals surface area contributed by atoms with Gasteiger partial charge in [0.1, 0.15) is 5.75 Å². The smallest absolute Gasteiger partial charge is 0.119 e. The van der Waals surface area contributed by atoms with E-state index in [0.29, 0.717) is 0 Å². The molecule has 0 bridgehead atoms. The first kappa shape index (κ1) is 12.5. The van der Waals surface area contributed by atoms with Crippen LogP contribution in [-0.2, 0) is 6.42 Å². The average molecular weight is 232 g/mol. The van der Waals surface area contributed by atoms with E-state index >= 15 is 0 Å². The van der Waals surface area contributed by atoms with Crippen molar-refractivity contribution in [3.8, 4) is 5.75 Å². The van der Waals surface area contributed by atoms with Gasteiger partial charge < -0.3 is 4.74 Å². The molecule has 1 nitrogen and oxygen atoms in total. The van der Waals surface area contributed by atoms with Gasteiger partial charge in [0.2, 0.25) is 0 Å². The summed E-state index contributed by atoms with van der Waals surface area (Å²) in [5.41, 5.74) is 1.44. The van der Waals surface area contributed by atoms with Crippen LogP contribution >= 0.6 is 0 Å². The van der Waals surface area contributed by atoms with Gasteiger partial charge in [-0.15, -0.1) is 0 Å². The summed E-state index contributed by atoms with van der Waals surface area (Å²) in [5.74, 6) is 1.88. The molecule has 1 aromatic carbocycles. The molecule has 0 N–H and O–H groups in total. The molecule has 0 aliphatic heterocycles. The molecule has 1 aliphatic rings. The summed E-state index contributed by atoms with van der Waals surface area (Å²) < 4.78 is 5.29. The summed E-state index contributed by atoms with van der Waals surface area (Å²) in [6.07, 6.45) is 11.2. The Bertz CT molecular complexity index is 324. The molecule has 0 radical (unpaired) electrons. The minimum absolute atomic E-state index is 0.891. The van der Waals surface area contributed by atoms with E-state index < -0.39 is 0 Å². The first-order chi connectivity index (χ1) is 8.38. The van der Waals surface area contributed by atoms with Gasteiger partial charge in [-0.3, -0.25) is 0 Å². The molecule has 1 heteroatoms. The third-order valence-electron chi connectivity index (χ3n) is 3.88. The fourth-order valence-corrected chi connectivity index (χ4v) is 2.88. The maximum atomic E-state index is 5.29. The van der Waals surface area contributed by atoms with E-state index in [0.717, 1.165) is 11.7 Å². The zero-order valence-corrected chi connectivity index (χ0v) is 11.0. The minimum Gasteiger partial charge on any atom is -0.497 e. The topological polar surface area (TPSA) is 9.23 Å². The highest BCUT2D eigenvalue weighted by molar-refractivity contribution is 5.28. The maximum absolute atomic E-state index is 5.29. The van der Waals surface area contributed by atoms with E-state index in [2.05, 4.69) is 18.2 Å². The molecule has 0 saturated heterocycles. The Balaban J connectivity index is 1.93. The van der Waals surface area contributed by atoms with E-state index in [-0.39, 0.29) is 0 Å². The van der Waals surface area contributed by atoms with Gasteiger partial charge in [-0.05, 0) is 30.0 Å². The van der Waals surface area contributed by atoms with E-state index in [1.807, 2.05) is 6.07 Å². The zero-order valence-electron chi connectivity index (χ0n) is 11.0. The normalized spacial score (nSPS) is 18.4. The van der Waals surface area contributed by atoms with Gasteiger partial charge in [-0.2, -0.15) is 0 Å². The van der Waals surface area contributed by atoms with Crippen molar-refractivity contribution < 1.29 is 4.74 Å². The highest BCUT2D eigenvalue weighted by Crippen LogP contribution is 2.26. The van der Waals surface area contributed by atoms with Gasteiger partial charge in [-0.1, -0.05) is 57.1 Å². The first-order valence-electron chi connectivity index (χ1n) is 7.01. The fourth-order valence-electron chi connectivity index (χ4n) is 2.88. The zero-order chi connectivity index (χ0) is 11.9. The van der Waals surface area contributed by atoms with Gasteiger partial charge in [0.05, 0.1) is 7.11 Å². The lowest BCUT2D eigenvalue weighted by atomic mass is 9.87. The van der Waals surface area contributed by atoms with Gasteiger partial charge >= 0.3 is 0 Å². The number of hydrogen-bond acceptors (Lipinski definition) is 1. The van der Waals surface area contributed by atoms with Crippen LogP contribution in [-0.4, -0.2) is 7.11 Å². The lowest BCUT2D eigenvalue weighted by Gasteiger charge is -2.19. The molecule has 0 aromatic heterocycles. The van der Waals surface area contributed by atoms with Crippen molar-refractivity contribution in [3.05, 3.63) is 29.8 Å². The number of rotatable bonds is 3. The number of hydrogen-bond donors (Lipinski definition) is 0. The van der Waals surface area contributed by atoms with Crippen molar-refractivity contribution in [3.63, 3.8) is 0 Å². The summed E-state index contributed by atoms with van der Waals surface area (Å²) >= 11 is 0. The number of benzene rings is 1. The predicted octanol–water partition coefficient (Wildman–Crippen LogP) is 4.60. The quantitative estimate of drug-likeness (QED) is 0.740. The van der Waals surface area contributed by atoms with Crippen molar-refractivity contribution in [2.45, 2.75) is 51.4 Å². The highest BCUT2D eigenvalue weighted by atomic mass is 16.5. The molecule has 1 aliphatic carbocycles. The Kier molecular flexibility index (Phi) is 4.90. The molecular weight excluding hydrogens is 208 g/mol. The van der Waals surface area contributed by atoms with Gasteiger partial charge in [-0.25, -0.2) is 0 Å². The second-order valence-electron chi connectivity index (χ2n) is 5.27. The molecule has 0 spiro atoms. The molecule has 17 heavy (non-hydrogen) atoms. The number of methoxy groups -OCH3 is 1. The van der Waals surface area contributed by atoms with E-state index in [4.69, 9.17) is 4.74 Å². The standard InChI is InChI=1S/C16H24O/c1-17-16-11-7-10-15(13-16)12-14-8-5-3-2-4-6-9-14/h7,10-11,13-14H,2-6,8-9,12H2,1H3. The van der Waals surface area contributed by atoms with Crippen molar-refractivity contribution in [2.24, 2.45) is 5.92 Å². The third kappa shape index (κ3) is 4.07. The molecule has 1 fully saturated rings. The van der Waals surface area contributed by atoms with Gasteiger partial charge in [0, 0.05) is 0 Å². The monoisotopic (exact) mass is 232 g/mol. The number of ether oxygens (including phenoxy) is 1. The Morgan fingerprint density at radius 3 is 2.47 bits per heavy atom. The molecule has 1 saturated carbocycles. The van der Waals surface area contributed by atoms with Crippen molar-refractivity contribution >= 4 is 0 Å². The summed E-state index contributed by atoms with van der Waals surface area (Å²) in [5, 5.41) is 0. The largest absolute Gasteiger partial charge is 0.497 e. The average Bonchev–Trinajstić information content (AvgIpc) is 2.33. The van der Waals surface area contributed by atoms with Crippen LogP contribution in [0.1, 0.15) is 50.5 Å². The van der Waals surface area contributed by atoms with Gasteiger partial charge in [0.25, 0.3) is 0 Å². The lowest BCUT2D eigenvalue weighted by molar-refractivity contribution is 0.375. The van der Waals surface area contributed by atoms with E-state index in [9.17, 15) is 0 Å². The van der Waals surface area contributed by atoms with Gasteiger partial charge in [0.15, 0.2) is 0 Å². The minimum atomic E-state index is 0.891. The predicted molar refractivity (Wildman–Crippen MR) is 72.5 cm³/mol. The summed E-state index contributed by atoms with van der Waals surface area (Å²) in [4.78, 5) is 0. The van der Waals surface area contributed by atoms with Crippen LogP contribution in [0.25, 0.3) is 0 Å². The molecule has 0 amide bonds. The maximum Gasteiger partial charge on any atom is 0.119 e. The van der Waals surface area contributed by atoms with Crippen LogP contribution in [0.2, 0.25) is 0 Å². The Hall–Kier alpha value is -0.980. The third-order valence-corrected chi connectivity index (χ3v) is 3.88. The van der Waals surface area contributed by atoms with Crippen molar-refractivity contribution in [1.82, 2.24) is 0 Å². The summed E-state index contributed by atoms with van der Waals surface area (Å²) in [7, 11) is 1.74. The lowest BCUT2D eigenvalue weighted by Crippen LogP contribution is -2.07. The van der Waals surface area contributed by atoms with E-state index in [1.54, 1.807) is 7.11 Å². The fraction of sp³-hybridized carbons (Fsp3) is 0.625. The molecule has 0 heterocycles. The first-order valence-corrected chi connectivity index (χ1v) is 7.01. The van der Waals surface area contributed by atoms with Crippen LogP contribution in [0, 0.1) is 5.92 Å². The molecule has 0 unspecified atom stereocenters. The van der Waals surface area contributed by atoms with Crippen LogP contribution < -0.4 is 4.74 Å². The molecule has 0 atom stereocenters. The van der Waals surface area contributed by atoms with Crippen LogP contribution in [0.5, 0.6) is 5.75 Å². The molecular formula is C16H24O. The van der Waals surface area contributed by atoms with E-state index in [1.165, 1.54) is 56.9 Å². The van der Waals surface area contributed by atoms with Crippen molar-refractivity contribution in [2.75, 3.05) is 7.11 Å². The Labute approximate surface area is 105 Å². The second kappa shape index (κ2) is 6.68. The summed E-state index contributed by atoms with van der Waals surface area (Å²) in [6.45, 7) is 0. The van der Waals surface area contributed by atoms with Crippen LogP contribution in [0.3, 0.4) is 0 Å². The Morgan fingerprint density at radius 1 is 1.06 bits per heavy atom. The summed E-state index contributed by atoms with van der Waals surface area (Å²) in [6, 6.07) is 8.57. The molecule has 94 valence electrons. The SMILES string of the molecule is COc1cccc(CC2CCCCCCC2)c1. The molecule has 1 aromatic rings. The highest BCUT2D eigenvalue weighted by Gasteiger charge is 2.12. The van der Waals surface area contributed by atoms with Crippen LogP contribution in [0.15, 0.2) is 24.3 Å². The second-order valence-corrected chi connectivity index (χ2v) is 5.27.